The molecule has 0 aliphatic heterocycles. The highest BCUT2D eigenvalue weighted by Crippen LogP contribution is 2.18. The normalized spacial score (nSPS) is 10.5. The minimum atomic E-state index is -1.07. The van der Waals surface area contributed by atoms with Gasteiger partial charge in [-0.1, -0.05) is 6.92 Å². The molecule has 2 rings (SSSR count). The Morgan fingerprint density at radius 2 is 2.00 bits per heavy atom. The van der Waals surface area contributed by atoms with Crippen molar-refractivity contribution in [2.24, 2.45) is 0 Å². The number of amides is 1. The van der Waals surface area contributed by atoms with Crippen LogP contribution in [-0.2, 0) is 4.79 Å². The van der Waals surface area contributed by atoms with Gasteiger partial charge >= 0.3 is 5.97 Å². The lowest BCUT2D eigenvalue weighted by Gasteiger charge is -2.18. The first-order chi connectivity index (χ1) is 10.5. The third-order valence-electron chi connectivity index (χ3n) is 3.06. The number of hydrogen-bond donors (Lipinski definition) is 2. The van der Waals surface area contributed by atoms with E-state index in [0.717, 1.165) is 0 Å². The maximum atomic E-state index is 12.9. The summed E-state index contributed by atoms with van der Waals surface area (Å²) in [5.74, 6) is -1.85. The number of hydrogen-bond acceptors (Lipinski definition) is 3. The number of aromatic amines is 1. The summed E-state index contributed by atoms with van der Waals surface area (Å²) in [6.07, 6.45) is 0.651. The van der Waals surface area contributed by atoms with Crippen LogP contribution in [0.15, 0.2) is 30.3 Å². The molecular formula is C15H16FN3O3. The maximum Gasteiger partial charge on any atom is 0.323 e. The van der Waals surface area contributed by atoms with Crippen molar-refractivity contribution in [1.82, 2.24) is 15.1 Å². The molecule has 22 heavy (non-hydrogen) atoms. The van der Waals surface area contributed by atoms with Gasteiger partial charge in [0.15, 0.2) is 0 Å². The number of halogens is 1. The summed E-state index contributed by atoms with van der Waals surface area (Å²) in [6, 6.07) is 7.25. The summed E-state index contributed by atoms with van der Waals surface area (Å²) >= 11 is 0. The highest BCUT2D eigenvalue weighted by atomic mass is 19.1. The van der Waals surface area contributed by atoms with Crippen LogP contribution in [0.4, 0.5) is 4.39 Å². The summed E-state index contributed by atoms with van der Waals surface area (Å²) in [4.78, 5) is 24.4. The van der Waals surface area contributed by atoms with E-state index in [-0.39, 0.29) is 18.1 Å². The van der Waals surface area contributed by atoms with E-state index in [1.165, 1.54) is 23.1 Å². The fourth-order valence-corrected chi connectivity index (χ4v) is 2.06. The van der Waals surface area contributed by atoms with E-state index < -0.39 is 11.9 Å². The summed E-state index contributed by atoms with van der Waals surface area (Å²) in [7, 11) is 0. The molecule has 0 saturated carbocycles. The van der Waals surface area contributed by atoms with Gasteiger partial charge in [0.1, 0.15) is 18.1 Å². The number of carbonyl (C=O) groups excluding carboxylic acids is 1. The number of carboxylic acid groups (broad SMARTS) is 1. The molecule has 0 aliphatic carbocycles. The molecule has 0 saturated heterocycles. The Hall–Kier alpha value is -2.70. The molecule has 7 heteroatoms. The highest BCUT2D eigenvalue weighted by molar-refractivity contribution is 5.95. The smallest absolute Gasteiger partial charge is 0.323 e. The molecule has 1 amide bonds. The average Bonchev–Trinajstić information content (AvgIpc) is 2.96. The molecule has 116 valence electrons. The molecule has 1 heterocycles. The lowest BCUT2D eigenvalue weighted by molar-refractivity contribution is -0.137. The van der Waals surface area contributed by atoms with Crippen molar-refractivity contribution in [3.8, 4) is 11.3 Å². The Morgan fingerprint density at radius 3 is 2.59 bits per heavy atom. The minimum Gasteiger partial charge on any atom is -0.480 e. The van der Waals surface area contributed by atoms with Gasteiger partial charge in [-0.25, -0.2) is 4.39 Å². The zero-order chi connectivity index (χ0) is 16.1. The molecule has 0 atom stereocenters. The van der Waals surface area contributed by atoms with Crippen LogP contribution in [0.25, 0.3) is 11.3 Å². The zero-order valence-corrected chi connectivity index (χ0v) is 12.0. The maximum absolute atomic E-state index is 12.9. The van der Waals surface area contributed by atoms with Gasteiger partial charge in [0.25, 0.3) is 5.91 Å². The molecule has 1 aromatic carbocycles. The van der Waals surface area contributed by atoms with Crippen LogP contribution in [0.5, 0.6) is 0 Å². The first-order valence-corrected chi connectivity index (χ1v) is 6.83. The number of aliphatic carboxylic acids is 1. The minimum absolute atomic E-state index is 0.203. The predicted molar refractivity (Wildman–Crippen MR) is 77.8 cm³/mol. The molecule has 6 nitrogen and oxygen atoms in total. The van der Waals surface area contributed by atoms with Crippen LogP contribution in [0, 0.1) is 5.82 Å². The number of aromatic nitrogens is 2. The number of carboxylic acids is 1. The summed E-state index contributed by atoms with van der Waals surface area (Å²) in [6.45, 7) is 1.84. The van der Waals surface area contributed by atoms with Crippen molar-refractivity contribution in [2.75, 3.05) is 13.1 Å². The largest absolute Gasteiger partial charge is 0.480 e. The third-order valence-corrected chi connectivity index (χ3v) is 3.06. The number of benzene rings is 1. The topological polar surface area (TPSA) is 86.3 Å². The molecule has 0 aliphatic rings. The Balaban J connectivity index is 2.20. The average molecular weight is 305 g/mol. The van der Waals surface area contributed by atoms with Gasteiger partial charge < -0.3 is 10.0 Å². The van der Waals surface area contributed by atoms with Crippen molar-refractivity contribution in [3.63, 3.8) is 0 Å². The van der Waals surface area contributed by atoms with Crippen LogP contribution in [0.3, 0.4) is 0 Å². The number of H-pyrrole nitrogens is 1. The second-order valence-electron chi connectivity index (χ2n) is 4.79. The van der Waals surface area contributed by atoms with E-state index in [9.17, 15) is 14.0 Å². The van der Waals surface area contributed by atoms with Gasteiger partial charge in [-0.05, 0) is 36.8 Å². The van der Waals surface area contributed by atoms with Crippen molar-refractivity contribution in [2.45, 2.75) is 13.3 Å². The van der Waals surface area contributed by atoms with Crippen LogP contribution in [0.1, 0.15) is 23.8 Å². The Bertz CT molecular complexity index is 667. The molecule has 0 unspecified atom stereocenters. The van der Waals surface area contributed by atoms with Crippen molar-refractivity contribution >= 4 is 11.9 Å². The predicted octanol–water partition coefficient (Wildman–Crippen LogP) is 2.15. The molecule has 0 bridgehead atoms. The van der Waals surface area contributed by atoms with Gasteiger partial charge in [0.05, 0.1) is 5.69 Å². The second-order valence-corrected chi connectivity index (χ2v) is 4.79. The van der Waals surface area contributed by atoms with Crippen LogP contribution in [-0.4, -0.2) is 45.2 Å². The van der Waals surface area contributed by atoms with Gasteiger partial charge in [0.2, 0.25) is 0 Å². The number of nitrogens with one attached hydrogen (secondary N) is 1. The van der Waals surface area contributed by atoms with E-state index in [1.54, 1.807) is 12.1 Å². The molecule has 0 radical (unpaired) electrons. The van der Waals surface area contributed by atoms with E-state index in [4.69, 9.17) is 5.11 Å². The SMILES string of the molecule is CCCN(CC(=O)O)C(=O)c1cc(-c2ccc(F)cc2)n[nH]1. The van der Waals surface area contributed by atoms with Crippen molar-refractivity contribution < 1.29 is 19.1 Å². The third kappa shape index (κ3) is 3.69. The van der Waals surface area contributed by atoms with Crippen LogP contribution in [0.2, 0.25) is 0 Å². The monoisotopic (exact) mass is 305 g/mol. The van der Waals surface area contributed by atoms with E-state index in [0.29, 0.717) is 24.2 Å². The quantitative estimate of drug-likeness (QED) is 0.856. The molecule has 2 aromatic rings. The standard InChI is InChI=1S/C15H16FN3O3/c1-2-7-19(9-14(20)21)15(22)13-8-12(17-18-13)10-3-5-11(16)6-4-10/h3-6,8H,2,7,9H2,1H3,(H,17,18)(H,20,21). The van der Waals surface area contributed by atoms with Crippen LogP contribution >= 0.6 is 0 Å². The van der Waals surface area contributed by atoms with Gasteiger partial charge in [-0.3, -0.25) is 14.7 Å². The van der Waals surface area contributed by atoms with Crippen LogP contribution < -0.4 is 0 Å². The van der Waals surface area contributed by atoms with E-state index >= 15 is 0 Å². The summed E-state index contributed by atoms with van der Waals surface area (Å²) < 4.78 is 12.9. The fraction of sp³-hybridized carbons (Fsp3) is 0.267. The summed E-state index contributed by atoms with van der Waals surface area (Å²) in [5.41, 5.74) is 1.36. The Morgan fingerprint density at radius 1 is 1.32 bits per heavy atom. The number of rotatable bonds is 6. The number of carbonyl (C=O) groups is 2. The Kier molecular flexibility index (Phi) is 4.88. The summed E-state index contributed by atoms with van der Waals surface area (Å²) in [5, 5.41) is 15.5. The van der Waals surface area contributed by atoms with E-state index in [2.05, 4.69) is 10.2 Å². The molecule has 1 aromatic heterocycles. The second kappa shape index (κ2) is 6.84. The van der Waals surface area contributed by atoms with Gasteiger partial charge in [-0.2, -0.15) is 5.10 Å². The number of nitrogens with zero attached hydrogens (tertiary/aromatic N) is 2. The highest BCUT2D eigenvalue weighted by Gasteiger charge is 2.20. The lowest BCUT2D eigenvalue weighted by atomic mass is 10.1. The molecule has 0 spiro atoms. The molecule has 0 fully saturated rings. The van der Waals surface area contributed by atoms with Gasteiger partial charge in [0, 0.05) is 12.1 Å². The van der Waals surface area contributed by atoms with Crippen molar-refractivity contribution in [3.05, 3.63) is 41.8 Å². The molecule has 2 N–H and O–H groups in total. The lowest BCUT2D eigenvalue weighted by Crippen LogP contribution is -2.36. The zero-order valence-electron chi connectivity index (χ0n) is 12.0. The molecular weight excluding hydrogens is 289 g/mol. The van der Waals surface area contributed by atoms with E-state index in [1.807, 2.05) is 6.92 Å². The fourth-order valence-electron chi connectivity index (χ4n) is 2.06. The van der Waals surface area contributed by atoms with Gasteiger partial charge in [-0.15, -0.1) is 0 Å². The Labute approximate surface area is 126 Å². The first kappa shape index (κ1) is 15.7. The first-order valence-electron chi connectivity index (χ1n) is 6.83. The van der Waals surface area contributed by atoms with Crippen molar-refractivity contribution in [1.29, 1.82) is 0 Å².